The van der Waals surface area contributed by atoms with Crippen LogP contribution < -0.4 is 5.73 Å². The van der Waals surface area contributed by atoms with Gasteiger partial charge in [-0.05, 0) is 42.8 Å². The second-order valence-corrected chi connectivity index (χ2v) is 5.90. The molecule has 0 aliphatic heterocycles. The first-order valence-corrected chi connectivity index (χ1v) is 7.32. The molecule has 2 aromatic carbocycles. The Kier molecular flexibility index (Phi) is 4.86. The fourth-order valence-corrected chi connectivity index (χ4v) is 2.85. The van der Waals surface area contributed by atoms with Gasteiger partial charge in [-0.25, -0.2) is 4.39 Å². The lowest BCUT2D eigenvalue weighted by molar-refractivity contribution is 0.623. The third kappa shape index (κ3) is 3.96. The van der Waals surface area contributed by atoms with Gasteiger partial charge >= 0.3 is 0 Å². The van der Waals surface area contributed by atoms with Crippen molar-refractivity contribution in [1.82, 2.24) is 0 Å². The van der Waals surface area contributed by atoms with Gasteiger partial charge in [-0.3, -0.25) is 0 Å². The minimum Gasteiger partial charge on any atom is -0.323 e. The molecular weight excluding hydrogens is 281 g/mol. The Bertz CT molecular complexity index is 557. The largest absolute Gasteiger partial charge is 0.323 e. The summed E-state index contributed by atoms with van der Waals surface area (Å²) in [6.07, 6.45) is 0. The standard InChI is InChI=1S/C15H15ClFNS/c1-10-2-5-12(6-3-10)19-9-15(18)13-8-11(17)4-7-14(13)16/h2-8,15H,9,18H2,1H3. The van der Waals surface area contributed by atoms with Crippen LogP contribution in [-0.4, -0.2) is 5.75 Å². The highest BCUT2D eigenvalue weighted by molar-refractivity contribution is 7.99. The lowest BCUT2D eigenvalue weighted by Crippen LogP contribution is -2.13. The van der Waals surface area contributed by atoms with Crippen molar-refractivity contribution in [2.24, 2.45) is 5.73 Å². The number of benzene rings is 2. The molecule has 2 rings (SSSR count). The van der Waals surface area contributed by atoms with E-state index in [1.54, 1.807) is 17.8 Å². The molecular formula is C15H15ClFNS. The van der Waals surface area contributed by atoms with E-state index >= 15 is 0 Å². The lowest BCUT2D eigenvalue weighted by atomic mass is 10.1. The maximum atomic E-state index is 13.2. The number of rotatable bonds is 4. The van der Waals surface area contributed by atoms with Gasteiger partial charge in [-0.1, -0.05) is 29.3 Å². The summed E-state index contributed by atoms with van der Waals surface area (Å²) in [7, 11) is 0. The van der Waals surface area contributed by atoms with Gasteiger partial charge in [0.15, 0.2) is 0 Å². The van der Waals surface area contributed by atoms with Crippen molar-refractivity contribution in [3.63, 3.8) is 0 Å². The van der Waals surface area contributed by atoms with E-state index in [1.807, 2.05) is 6.92 Å². The number of aryl methyl sites for hydroxylation is 1. The molecule has 0 aliphatic carbocycles. The molecule has 2 N–H and O–H groups in total. The Labute approximate surface area is 122 Å². The monoisotopic (exact) mass is 295 g/mol. The SMILES string of the molecule is Cc1ccc(SCC(N)c2cc(F)ccc2Cl)cc1. The van der Waals surface area contributed by atoms with Gasteiger partial charge in [0, 0.05) is 21.7 Å². The van der Waals surface area contributed by atoms with Crippen molar-refractivity contribution in [2.45, 2.75) is 17.9 Å². The van der Waals surface area contributed by atoms with E-state index in [-0.39, 0.29) is 11.9 Å². The molecule has 1 unspecified atom stereocenters. The summed E-state index contributed by atoms with van der Waals surface area (Å²) in [5.41, 5.74) is 7.95. The van der Waals surface area contributed by atoms with Crippen LogP contribution in [-0.2, 0) is 0 Å². The fraction of sp³-hybridized carbons (Fsp3) is 0.200. The summed E-state index contributed by atoms with van der Waals surface area (Å²) in [6, 6.07) is 12.2. The Balaban J connectivity index is 2.03. The van der Waals surface area contributed by atoms with Crippen LogP contribution in [0.4, 0.5) is 4.39 Å². The van der Waals surface area contributed by atoms with E-state index in [4.69, 9.17) is 17.3 Å². The van der Waals surface area contributed by atoms with Gasteiger partial charge in [0.05, 0.1) is 0 Å². The van der Waals surface area contributed by atoms with Crippen molar-refractivity contribution in [3.8, 4) is 0 Å². The van der Waals surface area contributed by atoms with Crippen molar-refractivity contribution in [1.29, 1.82) is 0 Å². The Morgan fingerprint density at radius 3 is 2.58 bits per heavy atom. The molecule has 0 amide bonds. The summed E-state index contributed by atoms with van der Waals surface area (Å²) >= 11 is 7.68. The molecule has 0 saturated heterocycles. The van der Waals surface area contributed by atoms with Crippen LogP contribution in [0.15, 0.2) is 47.4 Å². The van der Waals surface area contributed by atoms with E-state index in [2.05, 4.69) is 24.3 Å². The molecule has 0 fully saturated rings. The van der Waals surface area contributed by atoms with Crippen molar-refractivity contribution in [2.75, 3.05) is 5.75 Å². The molecule has 0 spiro atoms. The van der Waals surface area contributed by atoms with Crippen molar-refractivity contribution < 1.29 is 4.39 Å². The smallest absolute Gasteiger partial charge is 0.123 e. The van der Waals surface area contributed by atoms with Gasteiger partial charge in [0.2, 0.25) is 0 Å². The maximum absolute atomic E-state index is 13.2. The van der Waals surface area contributed by atoms with Crippen LogP contribution >= 0.6 is 23.4 Å². The summed E-state index contributed by atoms with van der Waals surface area (Å²) in [4.78, 5) is 1.15. The number of hydrogen-bond donors (Lipinski definition) is 1. The molecule has 4 heteroatoms. The number of hydrogen-bond acceptors (Lipinski definition) is 2. The van der Waals surface area contributed by atoms with Crippen LogP contribution in [0.1, 0.15) is 17.2 Å². The Morgan fingerprint density at radius 2 is 1.89 bits per heavy atom. The topological polar surface area (TPSA) is 26.0 Å². The van der Waals surface area contributed by atoms with E-state index in [9.17, 15) is 4.39 Å². The van der Waals surface area contributed by atoms with Crippen molar-refractivity contribution >= 4 is 23.4 Å². The van der Waals surface area contributed by atoms with Gasteiger partial charge in [0.1, 0.15) is 5.82 Å². The molecule has 0 heterocycles. The van der Waals surface area contributed by atoms with E-state index in [0.29, 0.717) is 16.3 Å². The Hall–Kier alpha value is -1.03. The molecule has 2 aromatic rings. The third-order valence-electron chi connectivity index (χ3n) is 2.81. The zero-order chi connectivity index (χ0) is 13.8. The Morgan fingerprint density at radius 1 is 1.21 bits per heavy atom. The lowest BCUT2D eigenvalue weighted by Gasteiger charge is -2.13. The van der Waals surface area contributed by atoms with Gasteiger partial charge in [-0.2, -0.15) is 0 Å². The zero-order valence-corrected chi connectivity index (χ0v) is 12.1. The highest BCUT2D eigenvalue weighted by Crippen LogP contribution is 2.28. The maximum Gasteiger partial charge on any atom is 0.123 e. The summed E-state index contributed by atoms with van der Waals surface area (Å²) in [5, 5.41) is 0.512. The molecule has 0 radical (unpaired) electrons. The molecule has 0 bridgehead atoms. The van der Waals surface area contributed by atoms with Crippen LogP contribution in [0.3, 0.4) is 0 Å². The average Bonchev–Trinajstić information content (AvgIpc) is 2.40. The predicted molar refractivity (Wildman–Crippen MR) is 80.2 cm³/mol. The first-order chi connectivity index (χ1) is 9.06. The number of nitrogens with two attached hydrogens (primary N) is 1. The van der Waals surface area contributed by atoms with Gasteiger partial charge < -0.3 is 5.73 Å². The quantitative estimate of drug-likeness (QED) is 0.836. The number of thioether (sulfide) groups is 1. The molecule has 0 aromatic heterocycles. The highest BCUT2D eigenvalue weighted by Gasteiger charge is 2.11. The van der Waals surface area contributed by atoms with Crippen molar-refractivity contribution in [3.05, 3.63) is 64.4 Å². The molecule has 19 heavy (non-hydrogen) atoms. The second-order valence-electron chi connectivity index (χ2n) is 4.40. The molecule has 1 nitrogen and oxygen atoms in total. The minimum atomic E-state index is -0.310. The highest BCUT2D eigenvalue weighted by atomic mass is 35.5. The van der Waals surface area contributed by atoms with E-state index in [0.717, 1.165) is 4.90 Å². The molecule has 0 saturated carbocycles. The predicted octanol–water partition coefficient (Wildman–Crippen LogP) is 4.58. The summed E-state index contributed by atoms with van der Waals surface area (Å²) in [6.45, 7) is 2.05. The summed E-state index contributed by atoms with van der Waals surface area (Å²) < 4.78 is 13.2. The van der Waals surface area contributed by atoms with Crippen LogP contribution in [0.25, 0.3) is 0 Å². The van der Waals surface area contributed by atoms with Crippen LogP contribution in [0.5, 0.6) is 0 Å². The number of halogens is 2. The molecule has 0 aliphatic rings. The van der Waals surface area contributed by atoms with E-state index in [1.165, 1.54) is 17.7 Å². The van der Waals surface area contributed by atoms with Gasteiger partial charge in [0.25, 0.3) is 0 Å². The first kappa shape index (κ1) is 14.4. The minimum absolute atomic E-state index is 0.283. The second kappa shape index (κ2) is 6.42. The third-order valence-corrected chi connectivity index (χ3v) is 4.28. The first-order valence-electron chi connectivity index (χ1n) is 5.96. The van der Waals surface area contributed by atoms with Gasteiger partial charge in [-0.15, -0.1) is 11.8 Å². The normalized spacial score (nSPS) is 12.4. The fourth-order valence-electron chi connectivity index (χ4n) is 1.71. The summed E-state index contributed by atoms with van der Waals surface area (Å²) in [5.74, 6) is 0.349. The van der Waals surface area contributed by atoms with Crippen LogP contribution in [0.2, 0.25) is 5.02 Å². The molecule has 100 valence electrons. The average molecular weight is 296 g/mol. The van der Waals surface area contributed by atoms with Crippen LogP contribution in [0, 0.1) is 12.7 Å². The zero-order valence-electron chi connectivity index (χ0n) is 10.6. The van der Waals surface area contributed by atoms with E-state index < -0.39 is 0 Å². The molecule has 1 atom stereocenters.